The Morgan fingerprint density at radius 1 is 1.11 bits per heavy atom. The molecule has 0 heterocycles. The minimum atomic E-state index is 0.364. The minimum Gasteiger partial charge on any atom is -0.492 e. The molecule has 18 heavy (non-hydrogen) atoms. The zero-order chi connectivity index (χ0) is 13.2. The molecule has 1 saturated carbocycles. The first-order valence-corrected chi connectivity index (χ1v) is 7.96. The van der Waals surface area contributed by atoms with Gasteiger partial charge in [0, 0.05) is 10.7 Å². The highest BCUT2D eigenvalue weighted by atomic mass is 79.9. The minimum absolute atomic E-state index is 0.364. The molecule has 0 unspecified atom stereocenters. The van der Waals surface area contributed by atoms with Crippen molar-refractivity contribution >= 4 is 15.9 Å². The molecule has 1 aliphatic carbocycles. The van der Waals surface area contributed by atoms with Crippen molar-refractivity contribution in [3.8, 4) is 5.75 Å². The van der Waals surface area contributed by atoms with Crippen molar-refractivity contribution in [2.75, 3.05) is 11.9 Å². The first-order valence-electron chi connectivity index (χ1n) is 6.83. The van der Waals surface area contributed by atoms with E-state index in [1.165, 1.54) is 42.4 Å². The van der Waals surface area contributed by atoms with Crippen LogP contribution in [0.5, 0.6) is 5.75 Å². The quantitative estimate of drug-likeness (QED) is 0.715. The van der Waals surface area contributed by atoms with Crippen LogP contribution in [-0.4, -0.2) is 11.9 Å². The predicted octanol–water partition coefficient (Wildman–Crippen LogP) is 4.95. The molecule has 0 amide bonds. The topological polar surface area (TPSA) is 9.23 Å². The Labute approximate surface area is 119 Å². The number of ether oxygens (including phenoxy) is 1. The van der Waals surface area contributed by atoms with E-state index in [1.54, 1.807) is 0 Å². The van der Waals surface area contributed by atoms with Crippen LogP contribution in [0.25, 0.3) is 0 Å². The molecule has 0 saturated heterocycles. The highest BCUT2D eigenvalue weighted by molar-refractivity contribution is 9.09. The van der Waals surface area contributed by atoms with Crippen molar-refractivity contribution in [3.63, 3.8) is 0 Å². The number of alkyl halides is 1. The number of aryl methyl sites for hydroxylation is 2. The molecule has 0 spiro atoms. The summed E-state index contributed by atoms with van der Waals surface area (Å²) >= 11 is 3.68. The number of benzene rings is 1. The van der Waals surface area contributed by atoms with E-state index in [0.717, 1.165) is 17.7 Å². The first-order chi connectivity index (χ1) is 8.58. The van der Waals surface area contributed by atoms with Gasteiger partial charge in [0.1, 0.15) is 5.75 Å². The van der Waals surface area contributed by atoms with Crippen LogP contribution in [-0.2, 0) is 0 Å². The Bertz CT molecular complexity index is 419. The Morgan fingerprint density at radius 2 is 1.72 bits per heavy atom. The molecule has 0 radical (unpaired) electrons. The molecular formula is C16H23BrO. The van der Waals surface area contributed by atoms with Gasteiger partial charge in [0.05, 0.1) is 6.61 Å². The smallest absolute Gasteiger partial charge is 0.125 e. The summed E-state index contributed by atoms with van der Waals surface area (Å²) < 4.78 is 6.20. The van der Waals surface area contributed by atoms with Crippen molar-refractivity contribution in [3.05, 3.63) is 28.8 Å². The van der Waals surface area contributed by atoms with Gasteiger partial charge in [0.25, 0.3) is 0 Å². The summed E-state index contributed by atoms with van der Waals surface area (Å²) in [6.45, 7) is 7.30. The Kier molecular flexibility index (Phi) is 4.37. The summed E-state index contributed by atoms with van der Waals surface area (Å²) in [7, 11) is 0. The molecular weight excluding hydrogens is 288 g/mol. The lowest BCUT2D eigenvalue weighted by Gasteiger charge is -2.27. The molecule has 1 nitrogen and oxygen atoms in total. The van der Waals surface area contributed by atoms with Crippen molar-refractivity contribution < 1.29 is 4.74 Å². The highest BCUT2D eigenvalue weighted by Gasteiger charge is 2.33. The molecule has 0 atom stereocenters. The molecule has 1 aromatic carbocycles. The van der Waals surface area contributed by atoms with E-state index in [1.807, 2.05) is 0 Å². The lowest BCUT2D eigenvalue weighted by molar-refractivity contribution is 0.172. The van der Waals surface area contributed by atoms with Gasteiger partial charge >= 0.3 is 0 Å². The molecule has 1 aromatic rings. The third kappa shape index (κ3) is 2.74. The highest BCUT2D eigenvalue weighted by Crippen LogP contribution is 2.40. The van der Waals surface area contributed by atoms with E-state index in [9.17, 15) is 0 Å². The maximum atomic E-state index is 6.20. The Hall–Kier alpha value is -0.500. The van der Waals surface area contributed by atoms with Crippen LogP contribution < -0.4 is 4.74 Å². The van der Waals surface area contributed by atoms with E-state index >= 15 is 0 Å². The average Bonchev–Trinajstić information content (AvgIpc) is 2.84. The number of rotatable bonds is 4. The Balaban J connectivity index is 2.12. The Morgan fingerprint density at radius 3 is 2.33 bits per heavy atom. The summed E-state index contributed by atoms with van der Waals surface area (Å²) in [5.41, 5.74) is 4.22. The van der Waals surface area contributed by atoms with Gasteiger partial charge in [0.2, 0.25) is 0 Å². The van der Waals surface area contributed by atoms with E-state index < -0.39 is 0 Å². The van der Waals surface area contributed by atoms with Gasteiger partial charge in [-0.05, 0) is 50.3 Å². The van der Waals surface area contributed by atoms with Crippen LogP contribution in [0, 0.1) is 26.2 Å². The van der Waals surface area contributed by atoms with Gasteiger partial charge in [-0.15, -0.1) is 0 Å². The summed E-state index contributed by atoms with van der Waals surface area (Å²) in [5.74, 6) is 1.10. The van der Waals surface area contributed by atoms with Crippen LogP contribution in [0.15, 0.2) is 12.1 Å². The van der Waals surface area contributed by atoms with Crippen molar-refractivity contribution in [2.45, 2.75) is 46.5 Å². The summed E-state index contributed by atoms with van der Waals surface area (Å²) in [5, 5.41) is 1.06. The largest absolute Gasteiger partial charge is 0.492 e. The lowest BCUT2D eigenvalue weighted by Crippen LogP contribution is -2.27. The van der Waals surface area contributed by atoms with Crippen LogP contribution in [0.3, 0.4) is 0 Å². The fourth-order valence-corrected chi connectivity index (χ4v) is 3.54. The number of halogens is 1. The first kappa shape index (κ1) is 13.9. The zero-order valence-electron chi connectivity index (χ0n) is 11.7. The summed E-state index contributed by atoms with van der Waals surface area (Å²) in [6, 6.07) is 4.33. The number of hydrogen-bond acceptors (Lipinski definition) is 1. The van der Waals surface area contributed by atoms with Gasteiger partial charge in [-0.25, -0.2) is 0 Å². The average molecular weight is 311 g/mol. The zero-order valence-corrected chi connectivity index (χ0v) is 13.3. The van der Waals surface area contributed by atoms with E-state index in [-0.39, 0.29) is 0 Å². The fourth-order valence-electron chi connectivity index (χ4n) is 2.81. The van der Waals surface area contributed by atoms with Gasteiger partial charge in [-0.1, -0.05) is 40.9 Å². The SMILES string of the molecule is Cc1ccc(C)c(OCC2(CBr)CCCC2)c1C. The van der Waals surface area contributed by atoms with Gasteiger partial charge < -0.3 is 4.74 Å². The second-order valence-electron chi connectivity index (χ2n) is 5.78. The fraction of sp³-hybridized carbons (Fsp3) is 0.625. The number of hydrogen-bond donors (Lipinski definition) is 0. The second-order valence-corrected chi connectivity index (χ2v) is 6.34. The van der Waals surface area contributed by atoms with Crippen LogP contribution >= 0.6 is 15.9 Å². The third-order valence-corrected chi connectivity index (χ3v) is 5.53. The van der Waals surface area contributed by atoms with Crippen molar-refractivity contribution in [1.29, 1.82) is 0 Å². The maximum absolute atomic E-state index is 6.20. The normalized spacial score (nSPS) is 18.0. The van der Waals surface area contributed by atoms with Gasteiger partial charge in [0.15, 0.2) is 0 Å². The van der Waals surface area contributed by atoms with Crippen LogP contribution in [0.2, 0.25) is 0 Å². The van der Waals surface area contributed by atoms with Gasteiger partial charge in [-0.2, -0.15) is 0 Å². The maximum Gasteiger partial charge on any atom is 0.125 e. The molecule has 0 aromatic heterocycles. The summed E-state index contributed by atoms with van der Waals surface area (Å²) in [6.07, 6.45) is 5.28. The molecule has 2 heteroatoms. The van der Waals surface area contributed by atoms with E-state index in [2.05, 4.69) is 48.8 Å². The molecule has 0 N–H and O–H groups in total. The third-order valence-electron chi connectivity index (χ3n) is 4.34. The molecule has 2 rings (SSSR count). The second kappa shape index (κ2) is 5.64. The van der Waals surface area contributed by atoms with Gasteiger partial charge in [-0.3, -0.25) is 0 Å². The van der Waals surface area contributed by atoms with E-state index in [0.29, 0.717) is 5.41 Å². The standard InChI is InChI=1S/C16H23BrO/c1-12-6-7-13(2)15(14(12)3)18-11-16(10-17)8-4-5-9-16/h6-7H,4-5,8-11H2,1-3H3. The molecule has 0 bridgehead atoms. The molecule has 0 aliphatic heterocycles. The molecule has 1 aliphatic rings. The lowest BCUT2D eigenvalue weighted by atomic mass is 9.90. The molecule has 1 fully saturated rings. The molecule has 100 valence electrons. The van der Waals surface area contributed by atoms with Crippen molar-refractivity contribution in [2.24, 2.45) is 5.41 Å². The van der Waals surface area contributed by atoms with E-state index in [4.69, 9.17) is 4.74 Å². The summed E-state index contributed by atoms with van der Waals surface area (Å²) in [4.78, 5) is 0. The van der Waals surface area contributed by atoms with Crippen LogP contribution in [0.4, 0.5) is 0 Å². The predicted molar refractivity (Wildman–Crippen MR) is 80.8 cm³/mol. The van der Waals surface area contributed by atoms with Crippen molar-refractivity contribution in [1.82, 2.24) is 0 Å². The monoisotopic (exact) mass is 310 g/mol. The van der Waals surface area contributed by atoms with Crippen LogP contribution in [0.1, 0.15) is 42.4 Å².